The third-order valence-corrected chi connectivity index (χ3v) is 4.67. The van der Waals surface area contributed by atoms with Gasteiger partial charge in [-0.2, -0.15) is 10.1 Å². The van der Waals surface area contributed by atoms with E-state index in [1.807, 2.05) is 60.7 Å². The molecule has 0 aliphatic carbocycles. The molecule has 0 atom stereocenters. The molecule has 2 aromatic heterocycles. The van der Waals surface area contributed by atoms with Crippen molar-refractivity contribution < 1.29 is 0 Å². The van der Waals surface area contributed by atoms with Crippen molar-refractivity contribution in [2.45, 2.75) is 5.16 Å². The Balaban J connectivity index is 1.68. The van der Waals surface area contributed by atoms with Gasteiger partial charge in [-0.05, 0) is 17.7 Å². The third-order valence-electron chi connectivity index (χ3n) is 3.78. The Labute approximate surface area is 153 Å². The molecular formula is C19H15N5OS. The zero-order valence-corrected chi connectivity index (χ0v) is 14.6. The maximum absolute atomic E-state index is 12.9. The monoisotopic (exact) mass is 361 g/mol. The minimum absolute atomic E-state index is 0.165. The van der Waals surface area contributed by atoms with Gasteiger partial charge in [0.15, 0.2) is 5.16 Å². The van der Waals surface area contributed by atoms with Crippen molar-refractivity contribution >= 4 is 28.7 Å². The number of hydrogen-bond donors (Lipinski definition) is 1. The predicted octanol–water partition coefficient (Wildman–Crippen LogP) is 3.31. The lowest BCUT2D eigenvalue weighted by Gasteiger charge is -2.09. The molecule has 1 N–H and O–H groups in total. The van der Waals surface area contributed by atoms with Crippen LogP contribution < -0.4 is 5.56 Å². The molecule has 0 saturated heterocycles. The van der Waals surface area contributed by atoms with E-state index >= 15 is 0 Å². The van der Waals surface area contributed by atoms with Gasteiger partial charge in [-0.3, -0.25) is 4.79 Å². The number of aromatic amines is 1. The van der Waals surface area contributed by atoms with Crippen LogP contribution in [0.25, 0.3) is 22.9 Å². The lowest BCUT2D eigenvalue weighted by Crippen LogP contribution is -2.22. The van der Waals surface area contributed by atoms with E-state index in [0.29, 0.717) is 27.8 Å². The van der Waals surface area contributed by atoms with Gasteiger partial charge in [0.2, 0.25) is 5.95 Å². The average Bonchev–Trinajstić information content (AvgIpc) is 3.20. The molecule has 4 rings (SSSR count). The van der Waals surface area contributed by atoms with Crippen LogP contribution >= 0.6 is 11.8 Å². The highest BCUT2D eigenvalue weighted by atomic mass is 32.2. The van der Waals surface area contributed by atoms with E-state index < -0.39 is 0 Å². The first-order valence-corrected chi connectivity index (χ1v) is 9.03. The summed E-state index contributed by atoms with van der Waals surface area (Å²) in [6, 6.07) is 17.4. The zero-order valence-electron chi connectivity index (χ0n) is 13.7. The number of para-hydroxylation sites is 1. The first-order valence-electron chi connectivity index (χ1n) is 8.05. The molecule has 0 bridgehead atoms. The molecule has 6 nitrogen and oxygen atoms in total. The van der Waals surface area contributed by atoms with Gasteiger partial charge < -0.3 is 0 Å². The van der Waals surface area contributed by atoms with Gasteiger partial charge in [0.05, 0.1) is 10.9 Å². The quantitative estimate of drug-likeness (QED) is 0.436. The highest BCUT2D eigenvalue weighted by Crippen LogP contribution is 2.20. The standard InChI is InChI=1S/C19H15N5OS/c25-17-15-10-4-5-11-16(15)22-19(24(17)18-20-13-21-23-18)26-12-6-9-14-7-2-1-3-8-14/h1-11,13H,12H2,(H,20,21,23)/b9-6+. The maximum atomic E-state index is 12.9. The molecular weight excluding hydrogens is 346 g/mol. The van der Waals surface area contributed by atoms with Gasteiger partial charge in [0.25, 0.3) is 5.56 Å². The Morgan fingerprint density at radius 1 is 1.08 bits per heavy atom. The minimum atomic E-state index is -0.165. The van der Waals surface area contributed by atoms with Crippen molar-refractivity contribution in [3.05, 3.63) is 82.9 Å². The van der Waals surface area contributed by atoms with Gasteiger partial charge >= 0.3 is 0 Å². The lowest BCUT2D eigenvalue weighted by atomic mass is 10.2. The van der Waals surface area contributed by atoms with Crippen LogP contribution in [-0.4, -0.2) is 30.5 Å². The first-order chi connectivity index (χ1) is 12.8. The highest BCUT2D eigenvalue weighted by molar-refractivity contribution is 7.99. The molecule has 4 aromatic rings. The number of aromatic nitrogens is 5. The smallest absolute Gasteiger partial charge is 0.268 e. The Kier molecular flexibility index (Phi) is 4.61. The SMILES string of the molecule is O=c1c2ccccc2nc(SC/C=C/c2ccccc2)n1-c1ncn[nH]1. The summed E-state index contributed by atoms with van der Waals surface area (Å²) in [6.45, 7) is 0. The molecule has 0 unspecified atom stereocenters. The van der Waals surface area contributed by atoms with E-state index in [-0.39, 0.29) is 5.56 Å². The van der Waals surface area contributed by atoms with Crippen molar-refractivity contribution in [2.24, 2.45) is 0 Å². The van der Waals surface area contributed by atoms with Gasteiger partial charge in [-0.1, -0.05) is 66.4 Å². The summed E-state index contributed by atoms with van der Waals surface area (Å²) in [5, 5.41) is 7.72. The van der Waals surface area contributed by atoms with Crippen molar-refractivity contribution in [1.82, 2.24) is 24.7 Å². The highest BCUT2D eigenvalue weighted by Gasteiger charge is 2.14. The van der Waals surface area contributed by atoms with Crippen LogP contribution in [0.1, 0.15) is 5.56 Å². The van der Waals surface area contributed by atoms with Crippen LogP contribution in [-0.2, 0) is 0 Å². The molecule has 128 valence electrons. The fraction of sp³-hybridized carbons (Fsp3) is 0.0526. The molecule has 0 saturated carbocycles. The Morgan fingerprint density at radius 3 is 2.69 bits per heavy atom. The molecule has 0 radical (unpaired) electrons. The predicted molar refractivity (Wildman–Crippen MR) is 103 cm³/mol. The van der Waals surface area contributed by atoms with Gasteiger partial charge in [-0.25, -0.2) is 14.6 Å². The topological polar surface area (TPSA) is 76.5 Å². The Bertz CT molecular complexity index is 1100. The van der Waals surface area contributed by atoms with E-state index in [2.05, 4.69) is 20.2 Å². The second kappa shape index (κ2) is 7.37. The summed E-state index contributed by atoms with van der Waals surface area (Å²) in [7, 11) is 0. The van der Waals surface area contributed by atoms with E-state index in [1.54, 1.807) is 6.07 Å². The van der Waals surface area contributed by atoms with Crippen molar-refractivity contribution in [3.63, 3.8) is 0 Å². The third kappa shape index (κ3) is 3.29. The zero-order chi connectivity index (χ0) is 17.8. The van der Waals surface area contributed by atoms with Gasteiger partial charge in [0.1, 0.15) is 6.33 Å². The summed E-state index contributed by atoms with van der Waals surface area (Å²) in [5.74, 6) is 1.04. The van der Waals surface area contributed by atoms with Crippen LogP contribution in [0.4, 0.5) is 0 Å². The molecule has 0 spiro atoms. The second-order valence-electron chi connectivity index (χ2n) is 5.49. The summed E-state index contributed by atoms with van der Waals surface area (Å²) < 4.78 is 1.47. The van der Waals surface area contributed by atoms with Gasteiger partial charge in [-0.15, -0.1) is 0 Å². The minimum Gasteiger partial charge on any atom is -0.268 e. The van der Waals surface area contributed by atoms with Crippen LogP contribution in [0.15, 0.2) is 77.0 Å². The van der Waals surface area contributed by atoms with E-state index in [0.717, 1.165) is 5.56 Å². The molecule has 0 amide bonds. The molecule has 0 aliphatic heterocycles. The normalized spacial score (nSPS) is 11.4. The maximum Gasteiger partial charge on any atom is 0.269 e. The van der Waals surface area contributed by atoms with Crippen molar-refractivity contribution in [3.8, 4) is 5.95 Å². The number of rotatable bonds is 5. The second-order valence-corrected chi connectivity index (χ2v) is 6.47. The number of benzene rings is 2. The molecule has 2 heterocycles. The van der Waals surface area contributed by atoms with E-state index in [4.69, 9.17) is 0 Å². The van der Waals surface area contributed by atoms with E-state index in [9.17, 15) is 4.79 Å². The average molecular weight is 361 g/mol. The summed E-state index contributed by atoms with van der Waals surface area (Å²) in [5.41, 5.74) is 1.64. The molecule has 0 aliphatic rings. The van der Waals surface area contributed by atoms with Crippen molar-refractivity contribution in [2.75, 3.05) is 5.75 Å². The van der Waals surface area contributed by atoms with Gasteiger partial charge in [0, 0.05) is 5.75 Å². The van der Waals surface area contributed by atoms with Crippen LogP contribution in [0, 0.1) is 0 Å². The number of nitrogens with zero attached hydrogens (tertiary/aromatic N) is 4. The fourth-order valence-corrected chi connectivity index (χ4v) is 3.38. The van der Waals surface area contributed by atoms with Crippen LogP contribution in [0.2, 0.25) is 0 Å². The largest absolute Gasteiger partial charge is 0.269 e. The van der Waals surface area contributed by atoms with Crippen molar-refractivity contribution in [1.29, 1.82) is 0 Å². The summed E-state index contributed by atoms with van der Waals surface area (Å²) in [4.78, 5) is 21.7. The number of thioether (sulfide) groups is 1. The van der Waals surface area contributed by atoms with E-state index in [1.165, 1.54) is 22.7 Å². The number of fused-ring (bicyclic) bond motifs is 1. The molecule has 7 heteroatoms. The number of hydrogen-bond acceptors (Lipinski definition) is 5. The fourth-order valence-electron chi connectivity index (χ4n) is 2.57. The lowest BCUT2D eigenvalue weighted by molar-refractivity contribution is 0.771. The van der Waals surface area contributed by atoms with Crippen LogP contribution in [0.3, 0.4) is 0 Å². The molecule has 2 aromatic carbocycles. The number of H-pyrrole nitrogens is 1. The summed E-state index contributed by atoms with van der Waals surface area (Å²) in [6.07, 6.45) is 5.47. The molecule has 26 heavy (non-hydrogen) atoms. The Morgan fingerprint density at radius 2 is 1.88 bits per heavy atom. The van der Waals surface area contributed by atoms with Crippen LogP contribution in [0.5, 0.6) is 0 Å². The first kappa shape index (κ1) is 16.3. The molecule has 0 fully saturated rings. The summed E-state index contributed by atoms with van der Waals surface area (Å²) >= 11 is 1.47. The Hall–Kier alpha value is -3.19. The number of nitrogens with one attached hydrogen (secondary N) is 1.